The Hall–Kier alpha value is 1.22. The van der Waals surface area contributed by atoms with Crippen molar-refractivity contribution in [1.29, 1.82) is 0 Å². The van der Waals surface area contributed by atoms with Gasteiger partial charge in [-0.1, -0.05) is 6.07 Å². The van der Waals surface area contributed by atoms with Crippen LogP contribution in [0.3, 0.4) is 0 Å². The van der Waals surface area contributed by atoms with Gasteiger partial charge in [-0.2, -0.15) is 0 Å². The van der Waals surface area contributed by atoms with E-state index in [0.29, 0.717) is 13.1 Å². The van der Waals surface area contributed by atoms with Gasteiger partial charge in [0.05, 0.1) is 4.92 Å². The van der Waals surface area contributed by atoms with Crippen molar-refractivity contribution in [3.05, 3.63) is 45.3 Å². The number of benzene rings is 1. The van der Waals surface area contributed by atoms with E-state index in [2.05, 4.69) is 0 Å². The fraction of sp³-hybridized carbons (Fsp3) is 0.455. The predicted octanol–water partition coefficient (Wildman–Crippen LogP) is 2.81. The van der Waals surface area contributed by atoms with E-state index in [1.54, 1.807) is 6.07 Å². The van der Waals surface area contributed by atoms with Crippen molar-refractivity contribution in [3.8, 4) is 0 Å². The molecule has 0 fully saturated rings. The maximum absolute atomic E-state index is 10.7. The largest absolute Gasteiger partial charge is 0.676 e. The van der Waals surface area contributed by atoms with E-state index in [1.165, 1.54) is 12.1 Å². The zero-order chi connectivity index (χ0) is 12.8. The van der Waals surface area contributed by atoms with Gasteiger partial charge in [0, 0.05) is 106 Å². The van der Waals surface area contributed by atoms with Gasteiger partial charge in [-0.3, -0.25) is 10.1 Å². The Balaban J connectivity index is 0. The second-order valence-corrected chi connectivity index (χ2v) is 3.71. The molecule has 0 aliphatic heterocycles. The number of anilines is 1. The minimum Gasteiger partial charge on any atom is -0.676 e. The summed E-state index contributed by atoms with van der Waals surface area (Å²) in [5.74, 6) is 0. The van der Waals surface area contributed by atoms with E-state index in [9.17, 15) is 10.1 Å². The van der Waals surface area contributed by atoms with Crippen molar-refractivity contribution in [2.75, 3.05) is 31.1 Å². The molecule has 0 aliphatic carbocycles. The number of hydrogen-bond acceptors (Lipinski definition) is 3. The van der Waals surface area contributed by atoms with Crippen LogP contribution in [0.1, 0.15) is 5.56 Å². The first kappa shape index (κ1) is 22.5. The fourth-order valence-corrected chi connectivity index (χ4v) is 1.67. The third-order valence-electron chi connectivity index (χ3n) is 2.51. The van der Waals surface area contributed by atoms with Crippen molar-refractivity contribution in [3.63, 3.8) is 0 Å². The van der Waals surface area contributed by atoms with Crippen LogP contribution < -0.4 is 4.90 Å². The number of nitrogens with zero attached hydrogens (tertiary/aromatic N) is 2. The van der Waals surface area contributed by atoms with E-state index in [1.807, 2.05) is 11.8 Å². The molecule has 100 valence electrons. The molecule has 2 N–H and O–H groups in total. The summed E-state index contributed by atoms with van der Waals surface area (Å²) in [5.41, 5.74) is 16.2. The van der Waals surface area contributed by atoms with Gasteiger partial charge in [0.1, 0.15) is 0 Å². The number of aryl methyl sites for hydroxylation is 1. The zero-order valence-corrected chi connectivity index (χ0v) is 20.4. The second kappa shape index (κ2) is 11.8. The Kier molecular flexibility index (Phi) is 14.0. The Morgan fingerprint density at radius 1 is 1.21 bits per heavy atom. The summed E-state index contributed by atoms with van der Waals surface area (Å²) in [4.78, 5) is 12.1. The fourth-order valence-electron chi connectivity index (χ4n) is 1.67. The Morgan fingerprint density at radius 3 is 2.16 bits per heavy atom. The SMILES string of the molecule is Cc1ccc([N+](=O)[O-])cc1N(CC[NH-])CC[NH-].[Ac].[Ac]. The van der Waals surface area contributed by atoms with Gasteiger partial charge in [0.15, 0.2) is 0 Å². The monoisotopic (exact) mass is 690 g/mol. The normalized spacial score (nSPS) is 9.21. The quantitative estimate of drug-likeness (QED) is 0.340. The summed E-state index contributed by atoms with van der Waals surface area (Å²) in [6, 6.07) is 4.69. The maximum Gasteiger partial charge on any atom is 0.271 e. The third-order valence-corrected chi connectivity index (χ3v) is 2.51. The van der Waals surface area contributed by atoms with Crippen LogP contribution in [0.5, 0.6) is 0 Å². The smallest absolute Gasteiger partial charge is 0.271 e. The maximum atomic E-state index is 10.7. The predicted molar refractivity (Wildman–Crippen MR) is 68.4 cm³/mol. The van der Waals surface area contributed by atoms with Crippen LogP contribution >= 0.6 is 0 Å². The molecule has 1 aromatic rings. The van der Waals surface area contributed by atoms with Crippen LogP contribution in [0.2, 0.25) is 0 Å². The third kappa shape index (κ3) is 7.16. The van der Waals surface area contributed by atoms with E-state index in [0.717, 1.165) is 11.3 Å². The van der Waals surface area contributed by atoms with Crippen LogP contribution in [0.15, 0.2) is 18.2 Å². The zero-order valence-electron chi connectivity index (χ0n) is 10.9. The summed E-state index contributed by atoms with van der Waals surface area (Å²) >= 11 is 0. The number of nitrogens with one attached hydrogen (secondary N) is 2. The molecule has 6 nitrogen and oxygen atoms in total. The van der Waals surface area contributed by atoms with Gasteiger partial charge < -0.3 is 16.4 Å². The number of nitro groups is 1. The molecule has 0 unspecified atom stereocenters. The molecular weight excluding hydrogens is 674 g/mol. The van der Waals surface area contributed by atoms with Gasteiger partial charge in [-0.15, -0.1) is 13.1 Å². The molecule has 0 aromatic heterocycles. The molecule has 19 heavy (non-hydrogen) atoms. The Morgan fingerprint density at radius 2 is 1.74 bits per heavy atom. The van der Waals surface area contributed by atoms with Crippen molar-refractivity contribution >= 4 is 11.4 Å². The minimum atomic E-state index is -0.428. The van der Waals surface area contributed by atoms with Gasteiger partial charge >= 0.3 is 0 Å². The van der Waals surface area contributed by atoms with Crippen molar-refractivity contribution in [1.82, 2.24) is 0 Å². The van der Waals surface area contributed by atoms with E-state index in [-0.39, 0.29) is 107 Å². The van der Waals surface area contributed by atoms with Gasteiger partial charge in [-0.05, 0) is 25.6 Å². The summed E-state index contributed by atoms with van der Waals surface area (Å²) in [5, 5.41) is 10.7. The molecule has 0 amide bonds. The van der Waals surface area contributed by atoms with Gasteiger partial charge in [-0.25, -0.2) is 0 Å². The first-order valence-electron chi connectivity index (χ1n) is 5.39. The summed E-state index contributed by atoms with van der Waals surface area (Å²) < 4.78 is 0. The van der Waals surface area contributed by atoms with E-state index < -0.39 is 4.92 Å². The molecule has 0 aliphatic rings. The first-order chi connectivity index (χ1) is 8.10. The van der Waals surface area contributed by atoms with Gasteiger partial charge in [0.25, 0.3) is 5.69 Å². The molecule has 1 rings (SSSR count). The summed E-state index contributed by atoms with van der Waals surface area (Å²) in [6.45, 7) is 3.27. The van der Waals surface area contributed by atoms with Crippen LogP contribution in [-0.2, 0) is 0 Å². The minimum absolute atomic E-state index is 0. The van der Waals surface area contributed by atoms with Crippen molar-refractivity contribution < 1.29 is 93.0 Å². The second-order valence-electron chi connectivity index (χ2n) is 3.71. The van der Waals surface area contributed by atoms with E-state index >= 15 is 0 Å². The molecule has 0 saturated carbocycles. The van der Waals surface area contributed by atoms with Crippen LogP contribution in [0.25, 0.3) is 11.5 Å². The Labute approximate surface area is 184 Å². The molecule has 8 heteroatoms. The van der Waals surface area contributed by atoms with Crippen molar-refractivity contribution in [2.45, 2.75) is 6.92 Å². The average Bonchev–Trinajstić information content (AvgIpc) is 2.29. The average molecular weight is 690 g/mol. The number of nitro benzene ring substituents is 1. The Bertz CT molecular complexity index is 398. The molecule has 0 saturated heterocycles. The molecule has 0 heterocycles. The van der Waals surface area contributed by atoms with Crippen LogP contribution in [-0.4, -0.2) is 31.1 Å². The topological polar surface area (TPSA) is 94.0 Å². The first-order valence-corrected chi connectivity index (χ1v) is 5.39. The van der Waals surface area contributed by atoms with Crippen LogP contribution in [0, 0.1) is 105 Å². The number of non-ortho nitro benzene ring substituents is 1. The van der Waals surface area contributed by atoms with Gasteiger partial charge in [0.2, 0.25) is 0 Å². The summed E-state index contributed by atoms with van der Waals surface area (Å²) in [7, 11) is 0. The summed E-state index contributed by atoms with van der Waals surface area (Å²) in [6.07, 6.45) is 0. The number of hydrogen-bond donors (Lipinski definition) is 0. The van der Waals surface area contributed by atoms with Crippen LogP contribution in [0.4, 0.5) is 11.4 Å². The number of rotatable bonds is 6. The molecule has 0 bridgehead atoms. The molecule has 1 aromatic carbocycles. The molecule has 0 spiro atoms. The standard InChI is InChI=1S/C11H16N4O2.2Ac/c1-9-2-3-10(15(16)17)8-11(9)14(6-4-12)7-5-13;;/h2-3,8,12-13H,4-7H2,1H3;;/q-2;;. The van der Waals surface area contributed by atoms with Crippen molar-refractivity contribution in [2.24, 2.45) is 0 Å². The molecule has 0 atom stereocenters. The molecular formula is C11H16Ac2N4O2-2. The molecule has 2 radical (unpaired) electrons. The van der Waals surface area contributed by atoms with E-state index in [4.69, 9.17) is 11.5 Å².